The number of fused-ring (bicyclic) bond motifs is 3. The van der Waals surface area contributed by atoms with Gasteiger partial charge in [0.25, 0.3) is 0 Å². The van der Waals surface area contributed by atoms with Gasteiger partial charge in [0.05, 0.1) is 6.04 Å². The van der Waals surface area contributed by atoms with Crippen LogP contribution in [0.3, 0.4) is 0 Å². The topological polar surface area (TPSA) is 44.5 Å². The van der Waals surface area contributed by atoms with Gasteiger partial charge in [0.15, 0.2) is 0 Å². The Labute approximate surface area is 117 Å². The van der Waals surface area contributed by atoms with Gasteiger partial charge in [0, 0.05) is 49.4 Å². The summed E-state index contributed by atoms with van der Waals surface area (Å²) in [4.78, 5) is 4.79. The second kappa shape index (κ2) is 5.34. The maximum Gasteiger partial charge on any atom is 0.129 e. The molecule has 0 radical (unpaired) electrons. The summed E-state index contributed by atoms with van der Waals surface area (Å²) < 4.78 is 14.1. The van der Waals surface area contributed by atoms with Crippen molar-refractivity contribution in [2.45, 2.75) is 12.1 Å². The summed E-state index contributed by atoms with van der Waals surface area (Å²) in [5.41, 5.74) is 3.37. The van der Waals surface area contributed by atoms with Gasteiger partial charge in [-0.15, -0.1) is 0 Å². The highest BCUT2D eigenvalue weighted by Crippen LogP contribution is 2.29. The molecule has 3 saturated heterocycles. The molecule has 104 valence electrons. The van der Waals surface area contributed by atoms with E-state index in [4.69, 9.17) is 17.4 Å². The summed E-state index contributed by atoms with van der Waals surface area (Å²) in [7, 11) is 0. The number of hydrazine groups is 1. The molecule has 0 aromatic heterocycles. The fraction of sp³-hybridized carbons (Fsp3) is 0.538. The molecule has 3 fully saturated rings. The Morgan fingerprint density at radius 1 is 1.32 bits per heavy atom. The van der Waals surface area contributed by atoms with E-state index in [2.05, 4.69) is 15.2 Å². The monoisotopic (exact) mass is 284 g/mol. The average Bonchev–Trinajstić information content (AvgIpc) is 2.43. The lowest BCUT2D eigenvalue weighted by Crippen LogP contribution is -2.64. The summed E-state index contributed by atoms with van der Waals surface area (Å²) in [6, 6.07) is 4.78. The minimum atomic E-state index is -0.298. The molecule has 19 heavy (non-hydrogen) atoms. The van der Waals surface area contributed by atoms with Crippen LogP contribution in [0.25, 0.3) is 0 Å². The molecule has 0 spiro atoms. The lowest BCUT2D eigenvalue weighted by Gasteiger charge is -2.50. The lowest BCUT2D eigenvalue weighted by molar-refractivity contribution is -0.00419. The summed E-state index contributed by atoms with van der Waals surface area (Å²) in [6.45, 7) is 5.17. The first kappa shape index (κ1) is 13.3. The minimum Gasteiger partial charge on any atom is -0.299 e. The zero-order valence-corrected chi connectivity index (χ0v) is 11.4. The van der Waals surface area contributed by atoms with Crippen LogP contribution in [0.1, 0.15) is 11.6 Å². The third-order valence-corrected chi connectivity index (χ3v) is 4.42. The van der Waals surface area contributed by atoms with Crippen molar-refractivity contribution >= 4 is 11.6 Å². The van der Waals surface area contributed by atoms with Crippen LogP contribution in [0.2, 0.25) is 5.02 Å². The van der Waals surface area contributed by atoms with Crippen molar-refractivity contribution in [2.24, 2.45) is 5.84 Å². The average molecular weight is 285 g/mol. The van der Waals surface area contributed by atoms with Crippen molar-refractivity contribution < 1.29 is 4.39 Å². The number of rotatable bonds is 3. The van der Waals surface area contributed by atoms with Gasteiger partial charge < -0.3 is 0 Å². The summed E-state index contributed by atoms with van der Waals surface area (Å²) >= 11 is 5.80. The van der Waals surface area contributed by atoms with E-state index in [1.54, 1.807) is 12.1 Å². The highest BCUT2D eigenvalue weighted by Gasteiger charge is 2.37. The molecule has 2 bridgehead atoms. The molecule has 1 aromatic rings. The standard InChI is InChI=1S/C13H18ClFN4/c14-9-1-2-10(11(15)7-9)13(17-16)12-8-18-3-5-19(12)6-4-18/h1-2,7,12-13,17H,3-6,8,16H2. The molecule has 6 heteroatoms. The largest absolute Gasteiger partial charge is 0.299 e. The van der Waals surface area contributed by atoms with Crippen molar-refractivity contribution in [1.29, 1.82) is 0 Å². The maximum atomic E-state index is 14.1. The van der Waals surface area contributed by atoms with Crippen LogP contribution in [-0.2, 0) is 0 Å². The number of nitrogens with zero attached hydrogens (tertiary/aromatic N) is 2. The van der Waals surface area contributed by atoms with Gasteiger partial charge in [-0.2, -0.15) is 0 Å². The molecular formula is C13H18ClFN4. The third kappa shape index (κ3) is 2.49. The van der Waals surface area contributed by atoms with Crippen molar-refractivity contribution in [3.63, 3.8) is 0 Å². The Kier molecular flexibility index (Phi) is 3.73. The summed E-state index contributed by atoms with van der Waals surface area (Å²) in [5, 5.41) is 0.409. The zero-order valence-electron chi connectivity index (χ0n) is 10.6. The SMILES string of the molecule is NNC(c1ccc(Cl)cc1F)C1CN2CCN1CC2. The molecule has 2 atom stereocenters. The van der Waals surface area contributed by atoms with E-state index in [0.29, 0.717) is 10.6 Å². The number of nitrogens with two attached hydrogens (primary N) is 1. The van der Waals surface area contributed by atoms with Crippen LogP contribution >= 0.6 is 11.6 Å². The summed E-state index contributed by atoms with van der Waals surface area (Å²) in [6.07, 6.45) is 0. The van der Waals surface area contributed by atoms with Gasteiger partial charge in [-0.3, -0.25) is 21.1 Å². The predicted molar refractivity (Wildman–Crippen MR) is 73.3 cm³/mol. The molecule has 4 rings (SSSR count). The second-order valence-corrected chi connectivity index (χ2v) is 5.65. The van der Waals surface area contributed by atoms with E-state index in [1.807, 2.05) is 0 Å². The molecule has 0 amide bonds. The molecule has 3 aliphatic rings. The number of halogens is 2. The smallest absolute Gasteiger partial charge is 0.129 e. The Bertz CT molecular complexity index is 462. The molecular weight excluding hydrogens is 267 g/mol. The molecule has 3 aliphatic heterocycles. The van der Waals surface area contributed by atoms with Crippen LogP contribution in [0.5, 0.6) is 0 Å². The maximum absolute atomic E-state index is 14.1. The fourth-order valence-electron chi connectivity index (χ4n) is 3.14. The number of piperazine rings is 3. The Morgan fingerprint density at radius 3 is 2.58 bits per heavy atom. The van der Waals surface area contributed by atoms with Gasteiger partial charge in [-0.1, -0.05) is 17.7 Å². The Morgan fingerprint density at radius 2 is 2.05 bits per heavy atom. The zero-order chi connectivity index (χ0) is 13.4. The van der Waals surface area contributed by atoms with Gasteiger partial charge in [-0.05, 0) is 12.1 Å². The van der Waals surface area contributed by atoms with Crippen LogP contribution in [0.4, 0.5) is 4.39 Å². The first-order valence-electron chi connectivity index (χ1n) is 6.56. The number of hydrogen-bond donors (Lipinski definition) is 2. The number of nitrogens with one attached hydrogen (secondary N) is 1. The van der Waals surface area contributed by atoms with E-state index >= 15 is 0 Å². The van der Waals surface area contributed by atoms with Crippen LogP contribution in [0, 0.1) is 5.82 Å². The minimum absolute atomic E-state index is 0.208. The van der Waals surface area contributed by atoms with E-state index in [1.165, 1.54) is 6.07 Å². The fourth-order valence-corrected chi connectivity index (χ4v) is 3.29. The van der Waals surface area contributed by atoms with Crippen molar-refractivity contribution in [3.8, 4) is 0 Å². The highest BCUT2D eigenvalue weighted by atomic mass is 35.5. The highest BCUT2D eigenvalue weighted by molar-refractivity contribution is 6.30. The van der Waals surface area contributed by atoms with Gasteiger partial charge in [0.2, 0.25) is 0 Å². The van der Waals surface area contributed by atoms with E-state index in [-0.39, 0.29) is 17.9 Å². The van der Waals surface area contributed by atoms with E-state index < -0.39 is 0 Å². The molecule has 3 heterocycles. The second-order valence-electron chi connectivity index (χ2n) is 5.21. The quantitative estimate of drug-likeness (QED) is 0.642. The molecule has 0 saturated carbocycles. The predicted octanol–water partition coefficient (Wildman–Crippen LogP) is 0.983. The van der Waals surface area contributed by atoms with Crippen molar-refractivity contribution in [3.05, 3.63) is 34.6 Å². The first-order valence-corrected chi connectivity index (χ1v) is 6.94. The van der Waals surface area contributed by atoms with Crippen LogP contribution in [0.15, 0.2) is 18.2 Å². The molecule has 0 aliphatic carbocycles. The van der Waals surface area contributed by atoms with Gasteiger partial charge in [0.1, 0.15) is 5.82 Å². The van der Waals surface area contributed by atoms with Crippen molar-refractivity contribution in [2.75, 3.05) is 32.7 Å². The van der Waals surface area contributed by atoms with E-state index in [9.17, 15) is 4.39 Å². The number of benzene rings is 1. The normalized spacial score (nSPS) is 31.4. The molecule has 1 aromatic carbocycles. The third-order valence-electron chi connectivity index (χ3n) is 4.18. The molecule has 3 N–H and O–H groups in total. The summed E-state index contributed by atoms with van der Waals surface area (Å²) in [5.74, 6) is 5.38. The van der Waals surface area contributed by atoms with E-state index in [0.717, 1.165) is 32.7 Å². The Hall–Kier alpha value is -0.720. The van der Waals surface area contributed by atoms with Gasteiger partial charge in [-0.25, -0.2) is 4.39 Å². The van der Waals surface area contributed by atoms with Crippen LogP contribution < -0.4 is 11.3 Å². The number of hydrogen-bond acceptors (Lipinski definition) is 4. The first-order chi connectivity index (χ1) is 9.19. The van der Waals surface area contributed by atoms with Crippen molar-refractivity contribution in [1.82, 2.24) is 15.2 Å². The molecule has 4 nitrogen and oxygen atoms in total. The van der Waals surface area contributed by atoms with Crippen LogP contribution in [-0.4, -0.2) is 48.6 Å². The Balaban J connectivity index is 1.88. The van der Waals surface area contributed by atoms with Gasteiger partial charge >= 0.3 is 0 Å². The molecule has 2 unspecified atom stereocenters. The lowest BCUT2D eigenvalue weighted by atomic mass is 9.94.